The summed E-state index contributed by atoms with van der Waals surface area (Å²) < 4.78 is 0. The Kier molecular flexibility index (Phi) is 3.40. The Labute approximate surface area is 91.1 Å². The molecule has 82 valence electrons. The van der Waals surface area contributed by atoms with E-state index in [4.69, 9.17) is 0 Å². The van der Waals surface area contributed by atoms with Crippen LogP contribution >= 0.6 is 11.8 Å². The van der Waals surface area contributed by atoms with Crippen LogP contribution < -0.4 is 0 Å². The molecule has 0 bridgehead atoms. The molecule has 1 atom stereocenters. The molecule has 1 saturated heterocycles. The Morgan fingerprint density at radius 1 is 1.43 bits per heavy atom. The van der Waals surface area contributed by atoms with Gasteiger partial charge in [-0.1, -0.05) is 12.8 Å². The van der Waals surface area contributed by atoms with Gasteiger partial charge in [0.2, 0.25) is 0 Å². The topological polar surface area (TPSA) is 23.5 Å². The van der Waals surface area contributed by atoms with Gasteiger partial charge in [0.05, 0.1) is 5.60 Å². The summed E-state index contributed by atoms with van der Waals surface area (Å²) in [5, 5.41) is 10.3. The smallest absolute Gasteiger partial charge is 0.0774 e. The first-order valence-corrected chi connectivity index (χ1v) is 6.85. The van der Waals surface area contributed by atoms with Crippen LogP contribution in [0.5, 0.6) is 0 Å². The maximum Gasteiger partial charge on any atom is 0.0774 e. The second-order valence-corrected chi connectivity index (χ2v) is 6.01. The minimum atomic E-state index is -0.359. The summed E-state index contributed by atoms with van der Waals surface area (Å²) in [5.74, 6) is 2.56. The number of rotatable bonds is 3. The molecule has 0 spiro atoms. The Hall–Kier alpha value is 0.270. The molecule has 2 nitrogen and oxygen atoms in total. The third-order valence-corrected chi connectivity index (χ3v) is 4.75. The van der Waals surface area contributed by atoms with Crippen LogP contribution in [0.1, 0.15) is 32.1 Å². The van der Waals surface area contributed by atoms with Crippen molar-refractivity contribution in [2.45, 2.75) is 43.7 Å². The average Bonchev–Trinajstić information content (AvgIpc) is 2.74. The summed E-state index contributed by atoms with van der Waals surface area (Å²) in [5.41, 5.74) is -0.359. The molecule has 0 aromatic heterocycles. The predicted octanol–water partition coefficient (Wildman–Crippen LogP) is 1.73. The zero-order chi connectivity index (χ0) is 10.0. The number of hydrogen-bond donors (Lipinski definition) is 1. The Balaban J connectivity index is 1.83. The van der Waals surface area contributed by atoms with Crippen LogP contribution in [0.25, 0.3) is 0 Å². The van der Waals surface area contributed by atoms with E-state index in [1.807, 2.05) is 11.8 Å². The molecule has 1 aliphatic heterocycles. The summed E-state index contributed by atoms with van der Waals surface area (Å²) in [6.45, 7) is 0.887. The number of nitrogens with zero attached hydrogens (tertiary/aromatic N) is 1. The van der Waals surface area contributed by atoms with Gasteiger partial charge in [-0.3, -0.25) is 4.90 Å². The lowest BCUT2D eigenvalue weighted by Gasteiger charge is -2.32. The van der Waals surface area contributed by atoms with Gasteiger partial charge in [-0.05, 0) is 32.1 Å². The van der Waals surface area contributed by atoms with Crippen molar-refractivity contribution in [2.24, 2.45) is 0 Å². The maximum absolute atomic E-state index is 10.3. The summed E-state index contributed by atoms with van der Waals surface area (Å²) >= 11 is 2.04. The van der Waals surface area contributed by atoms with E-state index in [0.717, 1.165) is 19.4 Å². The van der Waals surface area contributed by atoms with Crippen LogP contribution in [0.2, 0.25) is 0 Å². The fourth-order valence-corrected chi connectivity index (χ4v) is 3.95. The van der Waals surface area contributed by atoms with Crippen molar-refractivity contribution < 1.29 is 5.11 Å². The predicted molar refractivity (Wildman–Crippen MR) is 61.8 cm³/mol. The lowest BCUT2D eigenvalue weighted by Crippen LogP contribution is -2.44. The van der Waals surface area contributed by atoms with E-state index >= 15 is 0 Å². The highest BCUT2D eigenvalue weighted by Crippen LogP contribution is 2.31. The highest BCUT2D eigenvalue weighted by Gasteiger charge is 2.34. The van der Waals surface area contributed by atoms with E-state index in [1.165, 1.54) is 30.8 Å². The van der Waals surface area contributed by atoms with Crippen molar-refractivity contribution in [3.05, 3.63) is 0 Å². The quantitative estimate of drug-likeness (QED) is 0.775. The van der Waals surface area contributed by atoms with Crippen LogP contribution in [0, 0.1) is 0 Å². The van der Waals surface area contributed by atoms with E-state index in [9.17, 15) is 5.11 Å². The Bertz CT molecular complexity index is 186. The molecule has 0 aromatic carbocycles. The van der Waals surface area contributed by atoms with E-state index < -0.39 is 0 Å². The molecule has 2 rings (SSSR count). The second-order valence-electron chi connectivity index (χ2n) is 4.86. The van der Waals surface area contributed by atoms with Gasteiger partial charge in [0.25, 0.3) is 0 Å². The number of aliphatic hydroxyl groups is 1. The van der Waals surface area contributed by atoms with Crippen LogP contribution in [0.3, 0.4) is 0 Å². The maximum atomic E-state index is 10.3. The van der Waals surface area contributed by atoms with Gasteiger partial charge in [-0.25, -0.2) is 0 Å². The first-order chi connectivity index (χ1) is 6.70. The van der Waals surface area contributed by atoms with Gasteiger partial charge in [-0.2, -0.15) is 11.8 Å². The molecule has 3 heteroatoms. The highest BCUT2D eigenvalue weighted by molar-refractivity contribution is 7.99. The molecule has 0 radical (unpaired) electrons. The fraction of sp³-hybridized carbons (Fsp3) is 1.00. The van der Waals surface area contributed by atoms with E-state index in [-0.39, 0.29) is 5.60 Å². The molecule has 1 saturated carbocycles. The number of likely N-dealkylation sites (N-methyl/N-ethyl adjacent to an activating group) is 1. The summed E-state index contributed by atoms with van der Waals surface area (Å²) in [7, 11) is 2.17. The molecule has 1 heterocycles. The monoisotopic (exact) mass is 215 g/mol. The average molecular weight is 215 g/mol. The molecule has 0 amide bonds. The van der Waals surface area contributed by atoms with Crippen LogP contribution in [0.15, 0.2) is 0 Å². The van der Waals surface area contributed by atoms with Gasteiger partial charge < -0.3 is 5.11 Å². The zero-order valence-corrected chi connectivity index (χ0v) is 9.85. The van der Waals surface area contributed by atoms with Crippen molar-refractivity contribution in [1.82, 2.24) is 4.90 Å². The molecule has 2 aliphatic rings. The number of thioether (sulfide) groups is 1. The Morgan fingerprint density at radius 2 is 2.14 bits per heavy atom. The third kappa shape index (κ3) is 2.44. The first kappa shape index (κ1) is 10.8. The van der Waals surface area contributed by atoms with Crippen LogP contribution in [0.4, 0.5) is 0 Å². The highest BCUT2D eigenvalue weighted by atomic mass is 32.2. The van der Waals surface area contributed by atoms with Crippen molar-refractivity contribution in [3.63, 3.8) is 0 Å². The molecule has 1 N–H and O–H groups in total. The normalized spacial score (nSPS) is 31.5. The van der Waals surface area contributed by atoms with E-state index in [0.29, 0.717) is 6.04 Å². The molecule has 0 aromatic rings. The molecule has 1 unspecified atom stereocenters. The van der Waals surface area contributed by atoms with Crippen LogP contribution in [-0.4, -0.2) is 46.7 Å². The van der Waals surface area contributed by atoms with Crippen molar-refractivity contribution in [1.29, 1.82) is 0 Å². The first-order valence-electron chi connectivity index (χ1n) is 5.70. The van der Waals surface area contributed by atoms with Crippen LogP contribution in [-0.2, 0) is 0 Å². The zero-order valence-electron chi connectivity index (χ0n) is 9.04. The third-order valence-electron chi connectivity index (χ3n) is 3.61. The van der Waals surface area contributed by atoms with Crippen molar-refractivity contribution >= 4 is 11.8 Å². The van der Waals surface area contributed by atoms with Gasteiger partial charge in [-0.15, -0.1) is 0 Å². The molecular weight excluding hydrogens is 194 g/mol. The lowest BCUT2D eigenvalue weighted by molar-refractivity contribution is 0.00803. The molecule has 1 aliphatic carbocycles. The summed E-state index contributed by atoms with van der Waals surface area (Å²) in [6.07, 6.45) is 5.75. The molecule has 2 fully saturated rings. The van der Waals surface area contributed by atoms with Gasteiger partial charge in [0, 0.05) is 18.3 Å². The summed E-state index contributed by atoms with van der Waals surface area (Å²) in [4.78, 5) is 2.38. The Morgan fingerprint density at radius 3 is 2.71 bits per heavy atom. The van der Waals surface area contributed by atoms with E-state index in [2.05, 4.69) is 11.9 Å². The standard InChI is InChI=1S/C11H21NOS/c1-12(10-4-7-14-8-10)9-11(13)5-2-3-6-11/h10,13H,2-9H2,1H3. The second kappa shape index (κ2) is 4.42. The number of hydrogen-bond acceptors (Lipinski definition) is 3. The SMILES string of the molecule is CN(CC1(O)CCCC1)C1CCSC1. The fourth-order valence-electron chi connectivity index (χ4n) is 2.65. The van der Waals surface area contributed by atoms with Gasteiger partial charge in [0.1, 0.15) is 0 Å². The molecular formula is C11H21NOS. The minimum absolute atomic E-state index is 0.359. The van der Waals surface area contributed by atoms with Crippen molar-refractivity contribution in [3.8, 4) is 0 Å². The van der Waals surface area contributed by atoms with E-state index in [1.54, 1.807) is 0 Å². The van der Waals surface area contributed by atoms with Gasteiger partial charge in [0.15, 0.2) is 0 Å². The van der Waals surface area contributed by atoms with Gasteiger partial charge >= 0.3 is 0 Å². The summed E-state index contributed by atoms with van der Waals surface area (Å²) in [6, 6.07) is 0.713. The lowest BCUT2D eigenvalue weighted by atomic mass is 10.0. The molecule has 14 heavy (non-hydrogen) atoms. The minimum Gasteiger partial charge on any atom is -0.389 e. The van der Waals surface area contributed by atoms with Crippen molar-refractivity contribution in [2.75, 3.05) is 25.1 Å². The largest absolute Gasteiger partial charge is 0.389 e.